The number of amides is 3. The minimum Gasteiger partial charge on any atom is -0.336 e. The van der Waals surface area contributed by atoms with E-state index >= 15 is 0 Å². The average Bonchev–Trinajstić information content (AvgIpc) is 2.75. The summed E-state index contributed by atoms with van der Waals surface area (Å²) in [7, 11) is 2.03. The predicted octanol–water partition coefficient (Wildman–Crippen LogP) is 2.50. The number of aryl methyl sites for hydroxylation is 1. The van der Waals surface area contributed by atoms with Gasteiger partial charge >= 0.3 is 0 Å². The van der Waals surface area contributed by atoms with E-state index in [4.69, 9.17) is 0 Å². The number of benzene rings is 2. The Morgan fingerprint density at radius 3 is 2.26 bits per heavy atom. The summed E-state index contributed by atoms with van der Waals surface area (Å²) in [4.78, 5) is 41.8. The van der Waals surface area contributed by atoms with Crippen molar-refractivity contribution >= 4 is 29.5 Å². The zero-order valence-corrected chi connectivity index (χ0v) is 18.1. The zero-order valence-electron chi connectivity index (χ0n) is 18.1. The van der Waals surface area contributed by atoms with Crippen LogP contribution < -0.4 is 10.6 Å². The van der Waals surface area contributed by atoms with Crippen LogP contribution in [-0.4, -0.2) is 60.7 Å². The lowest BCUT2D eigenvalue weighted by atomic mass is 10.1. The topological polar surface area (TPSA) is 81.8 Å². The van der Waals surface area contributed by atoms with Gasteiger partial charge in [0.2, 0.25) is 5.91 Å². The summed E-state index contributed by atoms with van der Waals surface area (Å²) in [6, 6.07) is 14.5. The molecule has 162 valence electrons. The van der Waals surface area contributed by atoms with Crippen LogP contribution in [0.1, 0.15) is 28.4 Å². The number of nitrogens with one attached hydrogen (secondary N) is 2. The molecule has 1 aliphatic heterocycles. The highest BCUT2D eigenvalue weighted by Gasteiger charge is 2.23. The maximum Gasteiger partial charge on any atom is 0.272 e. The van der Waals surface area contributed by atoms with Crippen molar-refractivity contribution in [1.82, 2.24) is 15.1 Å². The SMILES string of the molecule is CC(=O)N/C(=C\c1ccccc1C)C(=O)Nc1ccccc1C(=O)N1CCN(C)CC1. The van der Waals surface area contributed by atoms with Crippen molar-refractivity contribution in [3.8, 4) is 0 Å². The molecule has 7 nitrogen and oxygen atoms in total. The molecule has 0 spiro atoms. The molecule has 0 atom stereocenters. The van der Waals surface area contributed by atoms with Crippen LogP contribution in [-0.2, 0) is 9.59 Å². The van der Waals surface area contributed by atoms with E-state index in [1.165, 1.54) is 6.92 Å². The average molecular weight is 421 g/mol. The van der Waals surface area contributed by atoms with Gasteiger partial charge in [0.25, 0.3) is 11.8 Å². The van der Waals surface area contributed by atoms with Crippen LogP contribution in [0.15, 0.2) is 54.2 Å². The van der Waals surface area contributed by atoms with Crippen molar-refractivity contribution in [1.29, 1.82) is 0 Å². The molecular weight excluding hydrogens is 392 g/mol. The molecule has 1 fully saturated rings. The van der Waals surface area contributed by atoms with E-state index in [0.717, 1.165) is 24.2 Å². The maximum absolute atomic E-state index is 13.1. The van der Waals surface area contributed by atoms with Gasteiger partial charge in [0.05, 0.1) is 11.3 Å². The molecule has 31 heavy (non-hydrogen) atoms. The van der Waals surface area contributed by atoms with E-state index in [-0.39, 0.29) is 17.5 Å². The summed E-state index contributed by atoms with van der Waals surface area (Å²) in [5.41, 5.74) is 2.76. The van der Waals surface area contributed by atoms with Gasteiger partial charge in [-0.05, 0) is 43.3 Å². The summed E-state index contributed by atoms with van der Waals surface area (Å²) >= 11 is 0. The van der Waals surface area contributed by atoms with E-state index in [9.17, 15) is 14.4 Å². The van der Waals surface area contributed by atoms with Crippen molar-refractivity contribution in [3.05, 3.63) is 70.9 Å². The van der Waals surface area contributed by atoms with Crippen LogP contribution in [0.25, 0.3) is 6.08 Å². The van der Waals surface area contributed by atoms with Crippen LogP contribution in [0.3, 0.4) is 0 Å². The van der Waals surface area contributed by atoms with Crippen LogP contribution in [0.5, 0.6) is 0 Å². The first kappa shape index (κ1) is 22.2. The highest BCUT2D eigenvalue weighted by atomic mass is 16.2. The van der Waals surface area contributed by atoms with E-state index in [1.54, 1.807) is 35.2 Å². The molecule has 2 aromatic rings. The van der Waals surface area contributed by atoms with Gasteiger partial charge in [-0.15, -0.1) is 0 Å². The number of nitrogens with zero attached hydrogens (tertiary/aromatic N) is 2. The Morgan fingerprint density at radius 2 is 1.58 bits per heavy atom. The minimum absolute atomic E-state index is 0.114. The Kier molecular flexibility index (Phi) is 7.20. The lowest BCUT2D eigenvalue weighted by Crippen LogP contribution is -2.47. The molecule has 1 heterocycles. The van der Waals surface area contributed by atoms with E-state index in [0.29, 0.717) is 24.3 Å². The monoisotopic (exact) mass is 420 g/mol. The lowest BCUT2D eigenvalue weighted by molar-refractivity contribution is -0.120. The van der Waals surface area contributed by atoms with Crippen molar-refractivity contribution in [3.63, 3.8) is 0 Å². The van der Waals surface area contributed by atoms with Gasteiger partial charge in [-0.2, -0.15) is 0 Å². The van der Waals surface area contributed by atoms with Gasteiger partial charge in [0.1, 0.15) is 5.70 Å². The third kappa shape index (κ3) is 5.79. The molecule has 0 radical (unpaired) electrons. The molecule has 3 amide bonds. The fourth-order valence-electron chi connectivity index (χ4n) is 3.40. The number of likely N-dealkylation sites (N-methyl/N-ethyl adjacent to an activating group) is 1. The summed E-state index contributed by atoms with van der Waals surface area (Å²) in [6.07, 6.45) is 1.64. The first-order chi connectivity index (χ1) is 14.8. The van der Waals surface area contributed by atoms with Crippen molar-refractivity contribution < 1.29 is 14.4 Å². The Labute approximate surface area is 182 Å². The van der Waals surface area contributed by atoms with Gasteiger partial charge in [-0.25, -0.2) is 0 Å². The molecule has 0 bridgehead atoms. The van der Waals surface area contributed by atoms with E-state index in [2.05, 4.69) is 15.5 Å². The number of carbonyl (C=O) groups excluding carboxylic acids is 3. The maximum atomic E-state index is 13.1. The molecule has 2 aromatic carbocycles. The predicted molar refractivity (Wildman–Crippen MR) is 121 cm³/mol. The standard InChI is InChI=1S/C24H28N4O3/c1-17-8-4-5-9-19(17)16-22(25-18(2)29)23(30)26-21-11-7-6-10-20(21)24(31)28-14-12-27(3)13-15-28/h4-11,16H,12-15H2,1-3H3,(H,25,29)(H,26,30)/b22-16-. The number of para-hydroxylation sites is 1. The molecule has 0 aromatic heterocycles. The van der Waals surface area contributed by atoms with E-state index in [1.807, 2.05) is 38.2 Å². The van der Waals surface area contributed by atoms with Crippen LogP contribution in [0, 0.1) is 6.92 Å². The Hall–Kier alpha value is -3.45. The number of hydrogen-bond acceptors (Lipinski definition) is 4. The van der Waals surface area contributed by atoms with Gasteiger partial charge in [0.15, 0.2) is 0 Å². The van der Waals surface area contributed by atoms with Crippen molar-refractivity contribution in [2.24, 2.45) is 0 Å². The molecule has 1 aliphatic rings. The molecule has 0 aliphatic carbocycles. The summed E-state index contributed by atoms with van der Waals surface area (Å²) in [5.74, 6) is -0.957. The number of piperazine rings is 1. The van der Waals surface area contributed by atoms with Crippen molar-refractivity contribution in [2.45, 2.75) is 13.8 Å². The molecule has 0 saturated carbocycles. The fraction of sp³-hybridized carbons (Fsp3) is 0.292. The van der Waals surface area contributed by atoms with Gasteiger partial charge < -0.3 is 20.4 Å². The van der Waals surface area contributed by atoms with Gasteiger partial charge in [0, 0.05) is 33.1 Å². The highest BCUT2D eigenvalue weighted by molar-refractivity contribution is 6.11. The van der Waals surface area contributed by atoms with Gasteiger partial charge in [-0.1, -0.05) is 36.4 Å². The second-order valence-corrected chi connectivity index (χ2v) is 7.69. The number of hydrogen-bond donors (Lipinski definition) is 2. The van der Waals surface area contributed by atoms with Crippen LogP contribution >= 0.6 is 0 Å². The number of carbonyl (C=O) groups is 3. The van der Waals surface area contributed by atoms with E-state index < -0.39 is 5.91 Å². The molecule has 7 heteroatoms. The fourth-order valence-corrected chi connectivity index (χ4v) is 3.40. The molecular formula is C24H28N4O3. The lowest BCUT2D eigenvalue weighted by Gasteiger charge is -2.32. The zero-order chi connectivity index (χ0) is 22.4. The number of anilines is 1. The summed E-state index contributed by atoms with van der Waals surface area (Å²) < 4.78 is 0. The summed E-state index contributed by atoms with van der Waals surface area (Å²) in [5, 5.41) is 5.41. The third-order valence-corrected chi connectivity index (χ3v) is 5.24. The quantitative estimate of drug-likeness (QED) is 0.729. The third-order valence-electron chi connectivity index (χ3n) is 5.24. The first-order valence-electron chi connectivity index (χ1n) is 10.3. The van der Waals surface area contributed by atoms with Crippen molar-refractivity contribution in [2.75, 3.05) is 38.5 Å². The largest absolute Gasteiger partial charge is 0.336 e. The number of rotatable bonds is 5. The molecule has 3 rings (SSSR count). The Morgan fingerprint density at radius 1 is 0.935 bits per heavy atom. The molecule has 1 saturated heterocycles. The second-order valence-electron chi connectivity index (χ2n) is 7.69. The van der Waals surface area contributed by atoms with Crippen LogP contribution in [0.4, 0.5) is 5.69 Å². The minimum atomic E-state index is -0.489. The highest BCUT2D eigenvalue weighted by Crippen LogP contribution is 2.20. The Bertz CT molecular complexity index is 1010. The van der Waals surface area contributed by atoms with Gasteiger partial charge in [-0.3, -0.25) is 14.4 Å². The smallest absolute Gasteiger partial charge is 0.272 e. The summed E-state index contributed by atoms with van der Waals surface area (Å²) in [6.45, 7) is 6.19. The normalized spacial score (nSPS) is 14.8. The molecule has 0 unspecified atom stereocenters. The first-order valence-corrected chi connectivity index (χ1v) is 10.3. The molecule has 2 N–H and O–H groups in total. The Balaban J connectivity index is 1.85. The van der Waals surface area contributed by atoms with Crippen LogP contribution in [0.2, 0.25) is 0 Å². The second kappa shape index (κ2) is 10.0.